The third kappa shape index (κ3) is 27.2. The molecule has 0 aromatic rings. The SMILES string of the molecule is CCCCCCCOCCOCCOCCOCCOCCOC(=O)CCCCCC. The van der Waals surface area contributed by atoms with E-state index < -0.39 is 0 Å². The molecule has 0 saturated heterocycles. The normalized spacial score (nSPS) is 11.2. The van der Waals surface area contributed by atoms with E-state index in [1.54, 1.807) is 0 Å². The molecule has 186 valence electrons. The first-order chi connectivity index (χ1) is 15.3. The van der Waals surface area contributed by atoms with Gasteiger partial charge >= 0.3 is 5.97 Å². The van der Waals surface area contributed by atoms with Crippen molar-refractivity contribution in [2.24, 2.45) is 0 Å². The molecule has 0 saturated carbocycles. The summed E-state index contributed by atoms with van der Waals surface area (Å²) in [6.45, 7) is 10.3. The first kappa shape index (κ1) is 30.3. The maximum Gasteiger partial charge on any atom is 0.305 e. The molecule has 0 amide bonds. The van der Waals surface area contributed by atoms with Crippen molar-refractivity contribution in [3.63, 3.8) is 0 Å². The van der Waals surface area contributed by atoms with Crippen LogP contribution in [0.1, 0.15) is 78.1 Å². The molecule has 0 aromatic carbocycles. The standard InChI is InChI=1S/C24H48O7/c1-3-5-7-9-11-13-26-14-15-27-16-17-28-18-19-29-20-21-30-22-23-31-24(25)12-10-8-6-4-2/h3-23H2,1-2H3. The highest BCUT2D eigenvalue weighted by Crippen LogP contribution is 2.03. The molecule has 0 aliphatic carbocycles. The molecule has 0 aromatic heterocycles. The van der Waals surface area contributed by atoms with Crippen LogP contribution in [0.25, 0.3) is 0 Å². The van der Waals surface area contributed by atoms with Crippen LogP contribution in [0.15, 0.2) is 0 Å². The lowest BCUT2D eigenvalue weighted by atomic mass is 10.2. The van der Waals surface area contributed by atoms with Gasteiger partial charge in [-0.05, 0) is 12.8 Å². The minimum atomic E-state index is -0.137. The van der Waals surface area contributed by atoms with Crippen molar-refractivity contribution in [1.29, 1.82) is 0 Å². The van der Waals surface area contributed by atoms with Crippen LogP contribution in [-0.2, 0) is 33.2 Å². The maximum absolute atomic E-state index is 11.5. The van der Waals surface area contributed by atoms with Gasteiger partial charge < -0.3 is 28.4 Å². The van der Waals surface area contributed by atoms with E-state index >= 15 is 0 Å². The smallest absolute Gasteiger partial charge is 0.305 e. The summed E-state index contributed by atoms with van der Waals surface area (Å²) in [4.78, 5) is 11.5. The van der Waals surface area contributed by atoms with E-state index in [4.69, 9.17) is 28.4 Å². The van der Waals surface area contributed by atoms with Gasteiger partial charge in [0.25, 0.3) is 0 Å². The summed E-state index contributed by atoms with van der Waals surface area (Å²) in [6, 6.07) is 0. The van der Waals surface area contributed by atoms with Crippen LogP contribution in [0.5, 0.6) is 0 Å². The molecule has 0 unspecified atom stereocenters. The van der Waals surface area contributed by atoms with Crippen molar-refractivity contribution in [2.45, 2.75) is 78.1 Å². The topological polar surface area (TPSA) is 72.5 Å². The summed E-state index contributed by atoms with van der Waals surface area (Å²) >= 11 is 0. The van der Waals surface area contributed by atoms with Crippen molar-refractivity contribution < 1.29 is 33.2 Å². The first-order valence-electron chi connectivity index (χ1n) is 12.4. The van der Waals surface area contributed by atoms with E-state index in [0.29, 0.717) is 72.5 Å². The van der Waals surface area contributed by atoms with E-state index in [9.17, 15) is 4.79 Å². The van der Waals surface area contributed by atoms with E-state index in [2.05, 4.69) is 13.8 Å². The van der Waals surface area contributed by atoms with Crippen LogP contribution in [0.2, 0.25) is 0 Å². The number of rotatable bonds is 26. The van der Waals surface area contributed by atoms with Gasteiger partial charge in [0.1, 0.15) is 6.61 Å². The van der Waals surface area contributed by atoms with Crippen molar-refractivity contribution in [2.75, 3.05) is 72.7 Å². The number of carbonyl (C=O) groups excluding carboxylic acids is 1. The van der Waals surface area contributed by atoms with Crippen LogP contribution >= 0.6 is 0 Å². The zero-order valence-electron chi connectivity index (χ0n) is 20.2. The molecule has 0 aliphatic heterocycles. The summed E-state index contributed by atoms with van der Waals surface area (Å²) in [5, 5.41) is 0. The van der Waals surface area contributed by atoms with Crippen molar-refractivity contribution in [3.05, 3.63) is 0 Å². The molecular formula is C24H48O7. The third-order valence-corrected chi connectivity index (χ3v) is 4.61. The summed E-state index contributed by atoms with van der Waals surface area (Å²) in [6.07, 6.45) is 11.1. The molecule has 0 heterocycles. The Kier molecular flexibility index (Phi) is 26.7. The molecule has 31 heavy (non-hydrogen) atoms. The van der Waals surface area contributed by atoms with Gasteiger partial charge in [0, 0.05) is 13.0 Å². The number of carbonyl (C=O) groups is 1. The van der Waals surface area contributed by atoms with Gasteiger partial charge in [-0.25, -0.2) is 0 Å². The molecule has 0 bridgehead atoms. The Hall–Kier alpha value is -0.730. The minimum absolute atomic E-state index is 0.137. The quantitative estimate of drug-likeness (QED) is 0.142. The Morgan fingerprint density at radius 3 is 1.32 bits per heavy atom. The molecule has 0 atom stereocenters. The van der Waals surface area contributed by atoms with Gasteiger partial charge in [-0.1, -0.05) is 58.8 Å². The van der Waals surface area contributed by atoms with Crippen molar-refractivity contribution >= 4 is 5.97 Å². The Labute approximate surface area is 190 Å². The highest BCUT2D eigenvalue weighted by atomic mass is 16.6. The molecule has 0 fully saturated rings. The zero-order valence-corrected chi connectivity index (χ0v) is 20.2. The van der Waals surface area contributed by atoms with Crippen LogP contribution < -0.4 is 0 Å². The zero-order chi connectivity index (χ0) is 22.7. The predicted molar refractivity (Wildman–Crippen MR) is 123 cm³/mol. The summed E-state index contributed by atoms with van der Waals surface area (Å²) < 4.78 is 32.4. The number of hydrogen-bond acceptors (Lipinski definition) is 7. The second-order valence-corrected chi connectivity index (χ2v) is 7.51. The summed E-state index contributed by atoms with van der Waals surface area (Å²) in [5.74, 6) is -0.137. The average molecular weight is 449 g/mol. The van der Waals surface area contributed by atoms with E-state index in [1.165, 1.54) is 38.5 Å². The lowest BCUT2D eigenvalue weighted by molar-refractivity contribution is -0.145. The van der Waals surface area contributed by atoms with E-state index in [-0.39, 0.29) is 5.97 Å². The van der Waals surface area contributed by atoms with Gasteiger partial charge in [-0.15, -0.1) is 0 Å². The molecule has 0 rings (SSSR count). The number of esters is 1. The third-order valence-electron chi connectivity index (χ3n) is 4.61. The molecular weight excluding hydrogens is 400 g/mol. The number of ether oxygens (including phenoxy) is 6. The highest BCUT2D eigenvalue weighted by Gasteiger charge is 2.02. The van der Waals surface area contributed by atoms with Crippen molar-refractivity contribution in [3.8, 4) is 0 Å². The van der Waals surface area contributed by atoms with Gasteiger partial charge in [0.15, 0.2) is 0 Å². The fraction of sp³-hybridized carbons (Fsp3) is 0.958. The maximum atomic E-state index is 11.5. The van der Waals surface area contributed by atoms with Crippen LogP contribution in [0.3, 0.4) is 0 Å². The molecule has 7 heteroatoms. The second-order valence-electron chi connectivity index (χ2n) is 7.51. The fourth-order valence-corrected chi connectivity index (χ4v) is 2.77. The van der Waals surface area contributed by atoms with Gasteiger partial charge in [0.05, 0.1) is 59.5 Å². The molecule has 0 radical (unpaired) electrons. The highest BCUT2D eigenvalue weighted by molar-refractivity contribution is 5.69. The first-order valence-corrected chi connectivity index (χ1v) is 12.4. The van der Waals surface area contributed by atoms with Gasteiger partial charge in [-0.2, -0.15) is 0 Å². The van der Waals surface area contributed by atoms with Crippen LogP contribution in [-0.4, -0.2) is 78.6 Å². The minimum Gasteiger partial charge on any atom is -0.463 e. The van der Waals surface area contributed by atoms with Crippen molar-refractivity contribution in [1.82, 2.24) is 0 Å². The molecule has 0 aliphatic rings. The number of unbranched alkanes of at least 4 members (excludes halogenated alkanes) is 7. The molecule has 7 nitrogen and oxygen atoms in total. The Morgan fingerprint density at radius 1 is 0.452 bits per heavy atom. The van der Waals surface area contributed by atoms with Crippen LogP contribution in [0, 0.1) is 0 Å². The largest absolute Gasteiger partial charge is 0.463 e. The Bertz CT molecular complexity index is 353. The summed E-state index contributed by atoms with van der Waals surface area (Å²) in [5.41, 5.74) is 0. The van der Waals surface area contributed by atoms with E-state index in [1.807, 2.05) is 0 Å². The van der Waals surface area contributed by atoms with E-state index in [0.717, 1.165) is 25.9 Å². The molecule has 0 N–H and O–H groups in total. The molecule has 0 spiro atoms. The van der Waals surface area contributed by atoms with Gasteiger partial charge in [-0.3, -0.25) is 4.79 Å². The summed E-state index contributed by atoms with van der Waals surface area (Å²) in [7, 11) is 0. The Morgan fingerprint density at radius 2 is 0.839 bits per heavy atom. The number of hydrogen-bond donors (Lipinski definition) is 0. The second kappa shape index (κ2) is 27.3. The lowest BCUT2D eigenvalue weighted by Crippen LogP contribution is -2.15. The monoisotopic (exact) mass is 448 g/mol. The fourth-order valence-electron chi connectivity index (χ4n) is 2.77. The van der Waals surface area contributed by atoms with Crippen LogP contribution in [0.4, 0.5) is 0 Å². The Balaban J connectivity index is 3.07. The van der Waals surface area contributed by atoms with Gasteiger partial charge in [0.2, 0.25) is 0 Å². The average Bonchev–Trinajstić information content (AvgIpc) is 2.77. The predicted octanol–water partition coefficient (Wildman–Crippen LogP) is 4.55. The lowest BCUT2D eigenvalue weighted by Gasteiger charge is -2.08.